The highest BCUT2D eigenvalue weighted by atomic mass is 79.9. The molecule has 2 N–H and O–H groups in total. The Labute approximate surface area is 191 Å². The van der Waals surface area contributed by atoms with E-state index in [2.05, 4.69) is 26.0 Å². The number of halogens is 4. The van der Waals surface area contributed by atoms with Gasteiger partial charge in [0.2, 0.25) is 0 Å². The lowest BCUT2D eigenvalue weighted by molar-refractivity contribution is 0.0941. The zero-order valence-electron chi connectivity index (χ0n) is 16.0. The van der Waals surface area contributed by atoms with Gasteiger partial charge >= 0.3 is 0 Å². The van der Waals surface area contributed by atoms with E-state index in [4.69, 9.17) is 11.6 Å². The molecule has 0 aliphatic rings. The summed E-state index contributed by atoms with van der Waals surface area (Å²) < 4.78 is 56.2. The van der Waals surface area contributed by atoms with Gasteiger partial charge in [0, 0.05) is 9.50 Å². The molecule has 0 saturated heterocycles. The molecule has 0 spiro atoms. The highest BCUT2D eigenvalue weighted by molar-refractivity contribution is 9.10. The van der Waals surface area contributed by atoms with E-state index >= 15 is 0 Å². The van der Waals surface area contributed by atoms with Crippen LogP contribution in [-0.2, 0) is 10.0 Å². The average molecular weight is 530 g/mol. The van der Waals surface area contributed by atoms with Crippen LogP contribution in [-0.4, -0.2) is 14.3 Å². The van der Waals surface area contributed by atoms with Crippen molar-refractivity contribution in [1.29, 1.82) is 0 Å². The highest BCUT2D eigenvalue weighted by Crippen LogP contribution is 2.27. The summed E-state index contributed by atoms with van der Waals surface area (Å²) in [5, 5.41) is 2.89. The van der Waals surface area contributed by atoms with Gasteiger partial charge < -0.3 is 5.32 Å². The molecule has 31 heavy (non-hydrogen) atoms. The summed E-state index contributed by atoms with van der Waals surface area (Å²) in [7, 11) is -4.68. The van der Waals surface area contributed by atoms with Crippen LogP contribution >= 0.6 is 27.5 Å². The Hall–Kier alpha value is -2.49. The number of anilines is 1. The first-order valence-corrected chi connectivity index (χ1v) is 11.6. The van der Waals surface area contributed by atoms with Crippen LogP contribution in [0.4, 0.5) is 14.5 Å². The lowest BCUT2D eigenvalue weighted by Crippen LogP contribution is -2.28. The van der Waals surface area contributed by atoms with Crippen LogP contribution in [0.3, 0.4) is 0 Å². The number of sulfonamides is 1. The SMILES string of the molecule is CC(NC(=O)c1ccc(Cl)cc1NS(=O)(=O)c1c(F)cccc1F)c1ccc(Br)cc1. The second-order valence-corrected chi connectivity index (χ2v) is 9.56. The minimum absolute atomic E-state index is 0.0614. The Morgan fingerprint density at radius 2 is 1.65 bits per heavy atom. The normalized spacial score (nSPS) is 12.3. The van der Waals surface area contributed by atoms with Crippen molar-refractivity contribution in [2.24, 2.45) is 0 Å². The molecule has 5 nitrogen and oxygen atoms in total. The van der Waals surface area contributed by atoms with Gasteiger partial charge in [-0.15, -0.1) is 0 Å². The van der Waals surface area contributed by atoms with Gasteiger partial charge in [-0.1, -0.05) is 45.7 Å². The van der Waals surface area contributed by atoms with E-state index in [1.54, 1.807) is 6.92 Å². The van der Waals surface area contributed by atoms with Crippen molar-refractivity contribution < 1.29 is 22.0 Å². The first-order chi connectivity index (χ1) is 14.6. The molecule has 0 aromatic heterocycles. The summed E-state index contributed by atoms with van der Waals surface area (Å²) in [6.07, 6.45) is 0. The van der Waals surface area contributed by atoms with Gasteiger partial charge in [0.25, 0.3) is 15.9 Å². The van der Waals surface area contributed by atoms with Crippen LogP contribution in [0.2, 0.25) is 5.02 Å². The molecule has 0 aliphatic heterocycles. The smallest absolute Gasteiger partial charge is 0.267 e. The van der Waals surface area contributed by atoms with Crippen LogP contribution in [0.5, 0.6) is 0 Å². The summed E-state index contributed by atoms with van der Waals surface area (Å²) in [5.41, 5.74) is 0.547. The summed E-state index contributed by atoms with van der Waals surface area (Å²) in [4.78, 5) is 11.7. The summed E-state index contributed by atoms with van der Waals surface area (Å²) in [6, 6.07) is 13.5. The molecule has 0 fully saturated rings. The maximum Gasteiger partial charge on any atom is 0.267 e. The predicted molar refractivity (Wildman–Crippen MR) is 119 cm³/mol. The lowest BCUT2D eigenvalue weighted by atomic mass is 10.1. The Morgan fingerprint density at radius 1 is 1.03 bits per heavy atom. The number of rotatable bonds is 6. The van der Waals surface area contributed by atoms with Gasteiger partial charge in [-0.2, -0.15) is 0 Å². The van der Waals surface area contributed by atoms with Gasteiger partial charge in [-0.25, -0.2) is 17.2 Å². The average Bonchev–Trinajstić information content (AvgIpc) is 2.67. The fourth-order valence-electron chi connectivity index (χ4n) is 2.84. The number of hydrogen-bond donors (Lipinski definition) is 2. The van der Waals surface area contributed by atoms with Crippen molar-refractivity contribution in [2.45, 2.75) is 17.9 Å². The first kappa shape index (κ1) is 23.2. The maximum absolute atomic E-state index is 14.0. The van der Waals surface area contributed by atoms with Crippen LogP contribution in [0, 0.1) is 11.6 Å². The highest BCUT2D eigenvalue weighted by Gasteiger charge is 2.26. The molecule has 0 saturated carbocycles. The number of benzene rings is 3. The third-order valence-corrected chi connectivity index (χ3v) is 6.56. The largest absolute Gasteiger partial charge is 0.345 e. The third-order valence-electron chi connectivity index (χ3n) is 4.38. The van der Waals surface area contributed by atoms with E-state index in [0.717, 1.165) is 28.2 Å². The van der Waals surface area contributed by atoms with Crippen LogP contribution in [0.25, 0.3) is 0 Å². The topological polar surface area (TPSA) is 75.3 Å². The van der Waals surface area contributed by atoms with E-state index in [-0.39, 0.29) is 16.3 Å². The Balaban J connectivity index is 1.92. The molecular weight excluding hydrogens is 514 g/mol. The zero-order valence-corrected chi connectivity index (χ0v) is 19.2. The fraction of sp³-hybridized carbons (Fsp3) is 0.0952. The molecule has 1 unspecified atom stereocenters. The maximum atomic E-state index is 14.0. The van der Waals surface area contributed by atoms with Crippen molar-refractivity contribution in [1.82, 2.24) is 5.32 Å². The van der Waals surface area contributed by atoms with Crippen molar-refractivity contribution in [3.63, 3.8) is 0 Å². The molecule has 3 rings (SSSR count). The third kappa shape index (κ3) is 5.41. The zero-order chi connectivity index (χ0) is 22.8. The molecule has 0 heterocycles. The standard InChI is InChI=1S/C21H16BrClF2N2O3S/c1-12(13-5-7-14(22)8-6-13)26-21(28)16-10-9-15(23)11-19(16)27-31(29,30)20-17(24)3-2-4-18(20)25/h2-12,27H,1H3,(H,26,28). The molecule has 162 valence electrons. The molecule has 0 bridgehead atoms. The number of nitrogens with one attached hydrogen (secondary N) is 2. The second kappa shape index (κ2) is 9.33. The quantitative estimate of drug-likeness (QED) is 0.432. The molecule has 3 aromatic rings. The monoisotopic (exact) mass is 528 g/mol. The first-order valence-electron chi connectivity index (χ1n) is 8.91. The number of hydrogen-bond acceptors (Lipinski definition) is 3. The molecule has 3 aromatic carbocycles. The molecule has 10 heteroatoms. The number of carbonyl (C=O) groups excluding carboxylic acids is 1. The van der Waals surface area contributed by atoms with E-state index in [1.807, 2.05) is 24.3 Å². The lowest BCUT2D eigenvalue weighted by Gasteiger charge is -2.17. The van der Waals surface area contributed by atoms with Gasteiger partial charge in [0.1, 0.15) is 11.6 Å². The van der Waals surface area contributed by atoms with Crippen molar-refractivity contribution in [2.75, 3.05) is 4.72 Å². The Bertz CT molecular complexity index is 1220. The molecule has 1 atom stereocenters. The number of amides is 1. The van der Waals surface area contributed by atoms with Crippen LogP contribution in [0.1, 0.15) is 28.9 Å². The second-order valence-electron chi connectivity index (χ2n) is 6.59. The van der Waals surface area contributed by atoms with Gasteiger partial charge in [-0.3, -0.25) is 9.52 Å². The van der Waals surface area contributed by atoms with Gasteiger partial charge in [-0.05, 0) is 55.0 Å². The Kier molecular flexibility index (Phi) is 6.98. The molecule has 1 amide bonds. The van der Waals surface area contributed by atoms with Gasteiger partial charge in [0.05, 0.1) is 17.3 Å². The van der Waals surface area contributed by atoms with Crippen LogP contribution < -0.4 is 10.0 Å². The summed E-state index contributed by atoms with van der Waals surface area (Å²) >= 11 is 9.29. The molecular formula is C21H16BrClF2N2O3S. The van der Waals surface area contributed by atoms with Crippen molar-refractivity contribution >= 4 is 49.1 Å². The minimum atomic E-state index is -4.68. The Morgan fingerprint density at radius 3 is 2.26 bits per heavy atom. The molecule has 0 radical (unpaired) electrons. The predicted octanol–water partition coefficient (Wildman–Crippen LogP) is 5.67. The van der Waals surface area contributed by atoms with E-state index in [1.165, 1.54) is 18.2 Å². The fourth-order valence-corrected chi connectivity index (χ4v) is 4.49. The van der Waals surface area contributed by atoms with Crippen molar-refractivity contribution in [3.05, 3.63) is 92.9 Å². The summed E-state index contributed by atoms with van der Waals surface area (Å²) in [5.74, 6) is -3.12. The van der Waals surface area contributed by atoms with E-state index < -0.39 is 38.5 Å². The summed E-state index contributed by atoms with van der Waals surface area (Å²) in [6.45, 7) is 1.76. The minimum Gasteiger partial charge on any atom is -0.345 e. The number of carbonyl (C=O) groups is 1. The van der Waals surface area contributed by atoms with E-state index in [0.29, 0.717) is 0 Å². The van der Waals surface area contributed by atoms with Crippen LogP contribution in [0.15, 0.2) is 70.0 Å². The van der Waals surface area contributed by atoms with E-state index in [9.17, 15) is 22.0 Å². The van der Waals surface area contributed by atoms with Crippen molar-refractivity contribution in [3.8, 4) is 0 Å². The molecule has 0 aliphatic carbocycles. The van der Waals surface area contributed by atoms with Gasteiger partial charge in [0.15, 0.2) is 4.90 Å².